The summed E-state index contributed by atoms with van der Waals surface area (Å²) in [5, 5.41) is 0. The molecule has 62 valence electrons. The minimum Gasteiger partial charge on any atom is -1.00 e. The molecular formula is C9H17ClMg. The van der Waals surface area contributed by atoms with Gasteiger partial charge in [-0.1, -0.05) is 32.1 Å². The summed E-state index contributed by atoms with van der Waals surface area (Å²) >= 11 is 0. The van der Waals surface area contributed by atoms with Crippen molar-refractivity contribution >= 4 is 23.1 Å². The zero-order valence-electron chi connectivity index (χ0n) is 7.91. The molecule has 0 amide bonds. The first-order chi connectivity index (χ1) is 4.10. The van der Waals surface area contributed by atoms with Crippen LogP contribution in [0.5, 0.6) is 0 Å². The minimum absolute atomic E-state index is 0. The van der Waals surface area contributed by atoms with E-state index < -0.39 is 0 Å². The van der Waals surface area contributed by atoms with Crippen LogP contribution in [-0.2, 0) is 0 Å². The van der Waals surface area contributed by atoms with Crippen LogP contribution >= 0.6 is 0 Å². The quantitative estimate of drug-likeness (QED) is 0.362. The van der Waals surface area contributed by atoms with Gasteiger partial charge in [0.1, 0.15) is 0 Å². The van der Waals surface area contributed by atoms with Gasteiger partial charge in [0.25, 0.3) is 0 Å². The molecule has 0 aromatic heterocycles. The molecule has 1 aliphatic carbocycles. The molecule has 1 saturated carbocycles. The van der Waals surface area contributed by atoms with Crippen LogP contribution in [0.1, 0.15) is 46.5 Å². The summed E-state index contributed by atoms with van der Waals surface area (Å²) in [5.41, 5.74) is 0.613. The largest absolute Gasteiger partial charge is 2.00 e. The summed E-state index contributed by atoms with van der Waals surface area (Å²) in [6.45, 7) is 7.03. The Morgan fingerprint density at radius 1 is 1.27 bits per heavy atom. The van der Waals surface area contributed by atoms with Crippen molar-refractivity contribution in [2.75, 3.05) is 0 Å². The van der Waals surface area contributed by atoms with Crippen molar-refractivity contribution in [2.45, 2.75) is 46.5 Å². The van der Waals surface area contributed by atoms with Crippen LogP contribution in [0.25, 0.3) is 0 Å². The normalized spacial score (nSPS) is 23.2. The van der Waals surface area contributed by atoms with Crippen molar-refractivity contribution in [3.63, 3.8) is 0 Å². The Kier molecular flexibility index (Phi) is 7.50. The van der Waals surface area contributed by atoms with E-state index in [1.807, 2.05) is 0 Å². The molecule has 0 bridgehead atoms. The van der Waals surface area contributed by atoms with E-state index in [1.54, 1.807) is 5.92 Å². The van der Waals surface area contributed by atoms with Crippen LogP contribution in [-0.4, -0.2) is 23.1 Å². The Labute approximate surface area is 93.1 Å². The van der Waals surface area contributed by atoms with Crippen molar-refractivity contribution in [1.29, 1.82) is 0 Å². The van der Waals surface area contributed by atoms with Crippen LogP contribution in [0.2, 0.25) is 0 Å². The second-order valence-corrected chi connectivity index (χ2v) is 4.15. The van der Waals surface area contributed by atoms with E-state index >= 15 is 0 Å². The Balaban J connectivity index is 0. The van der Waals surface area contributed by atoms with Crippen LogP contribution in [0, 0.1) is 11.3 Å². The summed E-state index contributed by atoms with van der Waals surface area (Å²) in [5.74, 6) is 1.70. The zero-order chi connectivity index (χ0) is 6.91. The fourth-order valence-electron chi connectivity index (χ4n) is 1.86. The zero-order valence-corrected chi connectivity index (χ0v) is 10.1. The van der Waals surface area contributed by atoms with Gasteiger partial charge in [-0.2, -0.15) is 19.8 Å². The molecule has 0 spiro atoms. The average Bonchev–Trinajstić information content (AvgIpc) is 1.60. The molecule has 0 aliphatic heterocycles. The second-order valence-electron chi connectivity index (χ2n) is 4.15. The van der Waals surface area contributed by atoms with Gasteiger partial charge in [0.15, 0.2) is 0 Å². The van der Waals surface area contributed by atoms with Gasteiger partial charge in [-0.3, -0.25) is 0 Å². The topological polar surface area (TPSA) is 0 Å². The molecule has 0 saturated heterocycles. The minimum atomic E-state index is 0. The molecule has 11 heavy (non-hydrogen) atoms. The van der Waals surface area contributed by atoms with E-state index in [0.29, 0.717) is 5.41 Å². The molecule has 1 fully saturated rings. The maximum Gasteiger partial charge on any atom is 2.00 e. The Bertz CT molecular complexity index is 102. The van der Waals surface area contributed by atoms with E-state index in [4.69, 9.17) is 0 Å². The third-order valence-electron chi connectivity index (χ3n) is 2.24. The summed E-state index contributed by atoms with van der Waals surface area (Å²) < 4.78 is 0. The van der Waals surface area contributed by atoms with Crippen molar-refractivity contribution in [3.05, 3.63) is 5.92 Å². The molecule has 0 atom stereocenters. The standard InChI is InChI=1S/C9H17.ClH.Mg/c1-8-5-4-6-9(2,3)7-8;;/h4-7H2,1-3H3;1H;/q-1;;+2/p-1. The van der Waals surface area contributed by atoms with Gasteiger partial charge in [-0.15, -0.1) is 0 Å². The Morgan fingerprint density at radius 3 is 2.09 bits per heavy atom. The maximum atomic E-state index is 2.37. The maximum absolute atomic E-state index is 2.37. The fraction of sp³-hybridized carbons (Fsp3) is 0.889. The third kappa shape index (κ3) is 5.32. The summed E-state index contributed by atoms with van der Waals surface area (Å²) in [4.78, 5) is 0. The van der Waals surface area contributed by atoms with Crippen LogP contribution in [0.3, 0.4) is 0 Å². The van der Waals surface area contributed by atoms with Gasteiger partial charge < -0.3 is 18.3 Å². The monoisotopic (exact) mass is 184 g/mol. The molecule has 0 N–H and O–H groups in total. The van der Waals surface area contributed by atoms with E-state index in [1.165, 1.54) is 25.7 Å². The average molecular weight is 185 g/mol. The van der Waals surface area contributed by atoms with E-state index in [0.717, 1.165) is 0 Å². The molecule has 0 unspecified atom stereocenters. The second kappa shape index (κ2) is 5.66. The molecule has 1 aliphatic rings. The first-order valence-electron chi connectivity index (χ1n) is 3.91. The summed E-state index contributed by atoms with van der Waals surface area (Å²) in [6.07, 6.45) is 5.57. The van der Waals surface area contributed by atoms with E-state index in [2.05, 4.69) is 20.8 Å². The van der Waals surface area contributed by atoms with Crippen molar-refractivity contribution in [1.82, 2.24) is 0 Å². The van der Waals surface area contributed by atoms with Crippen molar-refractivity contribution in [2.24, 2.45) is 5.41 Å². The first-order valence-corrected chi connectivity index (χ1v) is 3.91. The molecule has 0 radical (unpaired) electrons. The van der Waals surface area contributed by atoms with Crippen LogP contribution in [0.4, 0.5) is 0 Å². The first kappa shape index (κ1) is 14.6. The van der Waals surface area contributed by atoms with Gasteiger partial charge in [0.05, 0.1) is 0 Å². The molecule has 1 rings (SSSR count). The Hall–Kier alpha value is 1.06. The fourth-order valence-corrected chi connectivity index (χ4v) is 1.86. The van der Waals surface area contributed by atoms with Gasteiger partial charge >= 0.3 is 23.1 Å². The van der Waals surface area contributed by atoms with Gasteiger partial charge in [0.2, 0.25) is 0 Å². The third-order valence-corrected chi connectivity index (χ3v) is 2.24. The SMILES string of the molecule is C[C-]1CCCC(C)(C)C1.[Cl-].[Mg+2]. The van der Waals surface area contributed by atoms with Gasteiger partial charge in [-0.25, -0.2) is 0 Å². The van der Waals surface area contributed by atoms with Crippen LogP contribution < -0.4 is 12.4 Å². The Morgan fingerprint density at radius 2 is 1.82 bits per heavy atom. The van der Waals surface area contributed by atoms with Crippen molar-refractivity contribution in [3.8, 4) is 0 Å². The molecular weight excluding hydrogens is 168 g/mol. The molecule has 2 heteroatoms. The molecule has 0 aromatic carbocycles. The van der Waals surface area contributed by atoms with Crippen LogP contribution in [0.15, 0.2) is 0 Å². The van der Waals surface area contributed by atoms with Gasteiger partial charge in [-0.05, 0) is 0 Å². The van der Waals surface area contributed by atoms with E-state index in [9.17, 15) is 0 Å². The van der Waals surface area contributed by atoms with E-state index in [-0.39, 0.29) is 35.5 Å². The predicted molar refractivity (Wildman–Crippen MR) is 46.9 cm³/mol. The molecule has 0 aromatic rings. The molecule has 0 nitrogen and oxygen atoms in total. The number of hydrogen-bond donors (Lipinski definition) is 0. The summed E-state index contributed by atoms with van der Waals surface area (Å²) in [7, 11) is 0. The predicted octanol–water partition coefficient (Wildman–Crippen LogP) is -0.196. The van der Waals surface area contributed by atoms with Gasteiger partial charge in [0, 0.05) is 0 Å². The molecule has 0 heterocycles. The van der Waals surface area contributed by atoms with Crippen molar-refractivity contribution < 1.29 is 12.4 Å². The smallest absolute Gasteiger partial charge is 1.00 e. The number of hydrogen-bond acceptors (Lipinski definition) is 0. The number of rotatable bonds is 0. The summed E-state index contributed by atoms with van der Waals surface area (Å²) in [6, 6.07) is 0. The number of halogens is 1.